The van der Waals surface area contributed by atoms with E-state index in [1.54, 1.807) is 16.5 Å². The number of ether oxygens (including phenoxy) is 3. The summed E-state index contributed by atoms with van der Waals surface area (Å²) >= 11 is 1.41. The minimum absolute atomic E-state index is 0.0245. The van der Waals surface area contributed by atoms with Crippen LogP contribution in [0.3, 0.4) is 0 Å². The number of hydrogen-bond donors (Lipinski definition) is 0. The van der Waals surface area contributed by atoms with Gasteiger partial charge in [0.25, 0.3) is 0 Å². The monoisotopic (exact) mass is 694 g/mol. The molecule has 1 amide bonds. The number of carbonyl (C=O) groups excluding carboxylic acids is 1. The molecule has 0 saturated heterocycles. The van der Waals surface area contributed by atoms with E-state index in [1.165, 1.54) is 23.5 Å². The van der Waals surface area contributed by atoms with Crippen LogP contribution in [0.5, 0.6) is 11.5 Å². The summed E-state index contributed by atoms with van der Waals surface area (Å²) < 4.78 is 53.9. The molecule has 6 aromatic rings. The van der Waals surface area contributed by atoms with Gasteiger partial charge in [0.15, 0.2) is 0 Å². The molecule has 0 saturated carbocycles. The molecule has 50 heavy (non-hydrogen) atoms. The van der Waals surface area contributed by atoms with Crippen molar-refractivity contribution in [1.29, 1.82) is 0 Å². The lowest BCUT2D eigenvalue weighted by molar-refractivity contribution is -0.127. The number of carbonyl (C=O) groups is 1. The largest absolute Gasteiger partial charge is 0.489 e. The summed E-state index contributed by atoms with van der Waals surface area (Å²) in [4.78, 5) is 19.5. The number of pyridine rings is 1. The molecule has 254 valence electrons. The summed E-state index contributed by atoms with van der Waals surface area (Å²) in [5.74, 6) is -1.15. The molecule has 0 spiro atoms. The van der Waals surface area contributed by atoms with Crippen molar-refractivity contribution >= 4 is 38.2 Å². The van der Waals surface area contributed by atoms with Gasteiger partial charge in [-0.25, -0.2) is 13.8 Å². The van der Waals surface area contributed by atoms with Crippen LogP contribution in [0.1, 0.15) is 12.6 Å². The Morgan fingerprint density at radius 2 is 1.90 bits per heavy atom. The lowest BCUT2D eigenvalue weighted by atomic mass is 9.96. The molecule has 8 rings (SSSR count). The van der Waals surface area contributed by atoms with E-state index in [9.17, 15) is 9.18 Å². The van der Waals surface area contributed by atoms with Crippen molar-refractivity contribution in [3.8, 4) is 45.3 Å². The van der Waals surface area contributed by atoms with Crippen molar-refractivity contribution in [2.24, 2.45) is 7.05 Å². The summed E-state index contributed by atoms with van der Waals surface area (Å²) in [6.45, 7) is 7.39. The Bertz CT molecular complexity index is 2340. The van der Waals surface area contributed by atoms with Gasteiger partial charge in [-0.05, 0) is 42.7 Å². The number of nitrogens with zero attached hydrogens (tertiary/aromatic N) is 6. The van der Waals surface area contributed by atoms with Crippen LogP contribution in [0, 0.1) is 11.6 Å². The Kier molecular flexibility index (Phi) is 8.16. The molecule has 0 aliphatic carbocycles. The summed E-state index contributed by atoms with van der Waals surface area (Å²) in [5.41, 5.74) is 4.19. The molecule has 13 heteroatoms. The van der Waals surface area contributed by atoms with E-state index in [1.807, 2.05) is 59.7 Å². The molecule has 0 unspecified atom stereocenters. The number of aromatic nitrogens is 5. The van der Waals surface area contributed by atoms with E-state index in [0.717, 1.165) is 28.0 Å². The van der Waals surface area contributed by atoms with E-state index in [0.29, 0.717) is 64.9 Å². The molecular formula is C37H32F2N6O4S. The maximum Gasteiger partial charge on any atom is 0.246 e. The van der Waals surface area contributed by atoms with Crippen molar-refractivity contribution < 1.29 is 27.8 Å². The van der Waals surface area contributed by atoms with E-state index in [-0.39, 0.29) is 30.4 Å². The molecule has 6 heterocycles. The molecule has 0 fully saturated rings. The minimum atomic E-state index is -0.799. The molecule has 2 aliphatic rings. The number of amides is 1. The number of halogens is 2. The van der Waals surface area contributed by atoms with Crippen molar-refractivity contribution in [2.45, 2.75) is 26.1 Å². The van der Waals surface area contributed by atoms with E-state index in [2.05, 4.69) is 11.7 Å². The minimum Gasteiger partial charge on any atom is -0.489 e. The second-order valence-electron chi connectivity index (χ2n) is 12.3. The summed E-state index contributed by atoms with van der Waals surface area (Å²) in [5, 5.41) is 13.1. The highest BCUT2D eigenvalue weighted by atomic mass is 32.1. The van der Waals surface area contributed by atoms with Crippen LogP contribution in [0.4, 0.5) is 8.78 Å². The molecule has 2 aromatic carbocycles. The van der Waals surface area contributed by atoms with Crippen LogP contribution < -0.4 is 9.47 Å². The van der Waals surface area contributed by atoms with Gasteiger partial charge in [0, 0.05) is 64.6 Å². The Hall–Kier alpha value is -5.40. The summed E-state index contributed by atoms with van der Waals surface area (Å²) in [6.07, 6.45) is 6.40. The topological polar surface area (TPSA) is 96.5 Å². The molecule has 2 aliphatic heterocycles. The van der Waals surface area contributed by atoms with Gasteiger partial charge in [-0.3, -0.25) is 14.2 Å². The van der Waals surface area contributed by atoms with E-state index >= 15 is 4.39 Å². The Labute approximate surface area is 289 Å². The Balaban J connectivity index is 1.43. The highest BCUT2D eigenvalue weighted by molar-refractivity contribution is 7.18. The molecule has 1 atom stereocenters. The second-order valence-corrected chi connectivity index (χ2v) is 13.2. The smallest absolute Gasteiger partial charge is 0.246 e. The quantitative estimate of drug-likeness (QED) is 0.144. The summed E-state index contributed by atoms with van der Waals surface area (Å²) in [7, 11) is 1.86. The number of thiophene rings is 1. The zero-order valence-corrected chi connectivity index (χ0v) is 28.2. The standard InChI is InChI=1S/C37H32F2N6O4S/c1-4-32(46)44-8-9-45-24(19-44)16-29(42-45)36-34-33-27(39)14-23(38)15-31(33)49-21(2)20-47-10-5-6-11-48-30-17-28-22(18-43(3)41-28)13-26(30)35(40-36)25-7-12-50-37(25)34/h4-7,12-18,21H,1,8-11,19-20H2,2-3H3/b6-5+/t21-/m1/s1. The highest BCUT2D eigenvalue weighted by Crippen LogP contribution is 2.48. The maximum absolute atomic E-state index is 16.3. The zero-order valence-electron chi connectivity index (χ0n) is 27.4. The van der Waals surface area contributed by atoms with Gasteiger partial charge in [-0.15, -0.1) is 11.3 Å². The Morgan fingerprint density at radius 1 is 1.04 bits per heavy atom. The third kappa shape index (κ3) is 5.71. The van der Waals surface area contributed by atoms with Crippen LogP contribution in [0.2, 0.25) is 0 Å². The highest BCUT2D eigenvalue weighted by Gasteiger charge is 2.30. The van der Waals surface area contributed by atoms with Gasteiger partial charge in [0.1, 0.15) is 47.2 Å². The van der Waals surface area contributed by atoms with Crippen molar-refractivity contribution in [2.75, 3.05) is 26.4 Å². The van der Waals surface area contributed by atoms with E-state index in [4.69, 9.17) is 24.3 Å². The SMILES string of the molecule is C=CC(=O)N1CCn2nc(-c3nc4c5ccsc5c3-c3c(F)cc(F)cc3O[C@H](C)COC/C=C/COc3cc5nn(C)cc5cc3-4)cc2C1. The molecular weight excluding hydrogens is 663 g/mol. The van der Waals surface area contributed by atoms with Gasteiger partial charge in [-0.1, -0.05) is 12.7 Å². The first kappa shape index (κ1) is 31.8. The number of fused-ring (bicyclic) bond motifs is 6. The van der Waals surface area contributed by atoms with Gasteiger partial charge in [0.2, 0.25) is 5.91 Å². The average Bonchev–Trinajstić information content (AvgIpc) is 3.83. The van der Waals surface area contributed by atoms with Crippen LogP contribution in [-0.2, 0) is 29.7 Å². The van der Waals surface area contributed by atoms with Crippen LogP contribution >= 0.6 is 11.3 Å². The second kappa shape index (κ2) is 12.8. The lowest BCUT2D eigenvalue weighted by Gasteiger charge is -2.26. The maximum atomic E-state index is 16.3. The van der Waals surface area contributed by atoms with Crippen molar-refractivity contribution in [3.63, 3.8) is 0 Å². The predicted octanol–water partition coefficient (Wildman–Crippen LogP) is 6.92. The third-order valence-corrected chi connectivity index (χ3v) is 9.71. The number of aryl methyl sites for hydroxylation is 1. The normalized spacial score (nSPS) is 17.0. The van der Waals surface area contributed by atoms with E-state index < -0.39 is 17.7 Å². The van der Waals surface area contributed by atoms with Crippen LogP contribution in [-0.4, -0.2) is 67.8 Å². The zero-order chi connectivity index (χ0) is 34.5. The van der Waals surface area contributed by atoms with Gasteiger partial charge in [-0.2, -0.15) is 10.2 Å². The van der Waals surface area contributed by atoms with Gasteiger partial charge >= 0.3 is 0 Å². The first-order chi connectivity index (χ1) is 24.3. The van der Waals surface area contributed by atoms with Gasteiger partial charge < -0.3 is 19.1 Å². The fraction of sp³-hybridized carbons (Fsp3) is 0.243. The molecule has 2 bridgehead atoms. The fourth-order valence-corrected chi connectivity index (χ4v) is 7.49. The van der Waals surface area contributed by atoms with Crippen molar-refractivity contribution in [1.82, 2.24) is 29.4 Å². The fourth-order valence-electron chi connectivity index (χ4n) is 6.54. The molecule has 0 N–H and O–H groups in total. The molecule has 4 aromatic heterocycles. The molecule has 10 nitrogen and oxygen atoms in total. The van der Waals surface area contributed by atoms with Crippen molar-refractivity contribution in [3.05, 3.63) is 90.1 Å². The van der Waals surface area contributed by atoms with Crippen LogP contribution in [0.25, 0.3) is 54.8 Å². The van der Waals surface area contributed by atoms with Crippen LogP contribution in [0.15, 0.2) is 72.8 Å². The lowest BCUT2D eigenvalue weighted by Crippen LogP contribution is -2.37. The average molecular weight is 695 g/mol. The predicted molar refractivity (Wildman–Crippen MR) is 187 cm³/mol. The number of rotatable bonds is 2. The number of benzene rings is 2. The third-order valence-electron chi connectivity index (χ3n) is 8.78. The first-order valence-electron chi connectivity index (χ1n) is 16.2. The molecule has 0 radical (unpaired) electrons. The summed E-state index contributed by atoms with van der Waals surface area (Å²) in [6, 6.07) is 9.74. The first-order valence-corrected chi connectivity index (χ1v) is 17.0. The number of hydrogen-bond acceptors (Lipinski definition) is 8. The van der Waals surface area contributed by atoms with Gasteiger partial charge in [0.05, 0.1) is 48.8 Å². The Morgan fingerprint density at radius 3 is 2.76 bits per heavy atom.